The lowest BCUT2D eigenvalue weighted by Gasteiger charge is -2.30. The second-order valence-electron chi connectivity index (χ2n) is 6.66. The molecule has 0 aliphatic rings. The molecule has 28 heavy (non-hydrogen) atoms. The number of benzene rings is 2. The number of carbonyl (C=O) groups excluding carboxylic acids is 2. The zero-order valence-corrected chi connectivity index (χ0v) is 19.0. The first-order valence-electron chi connectivity index (χ1n) is 9.33. The third kappa shape index (κ3) is 6.67. The van der Waals surface area contributed by atoms with Crippen LogP contribution in [-0.4, -0.2) is 35.6 Å². The molecule has 0 saturated carbocycles. The zero-order valence-electron chi connectivity index (χ0n) is 16.6. The summed E-state index contributed by atoms with van der Waals surface area (Å²) >= 11 is 5.00. The van der Waals surface area contributed by atoms with E-state index < -0.39 is 6.04 Å². The van der Waals surface area contributed by atoms with Crippen LogP contribution in [0.1, 0.15) is 30.0 Å². The predicted octanol–water partition coefficient (Wildman–Crippen LogP) is 4.54. The summed E-state index contributed by atoms with van der Waals surface area (Å²) in [6, 6.07) is 15.7. The number of nitrogens with one attached hydrogen (secondary N) is 1. The molecule has 0 bridgehead atoms. The molecule has 150 valence electrons. The van der Waals surface area contributed by atoms with Gasteiger partial charge in [-0.15, -0.1) is 11.8 Å². The van der Waals surface area contributed by atoms with Gasteiger partial charge in [0.2, 0.25) is 11.8 Å². The predicted molar refractivity (Wildman–Crippen MR) is 120 cm³/mol. The standard InChI is InChI=1S/C22H27BrN2O2S/c1-4-20(22(27)24-3)25(13-17-7-5-16(2)6-8-17)21(26)15-28-14-18-9-11-19(23)12-10-18/h5-12,20H,4,13-15H2,1-3H3,(H,24,27)/t20-/m1/s1. The minimum atomic E-state index is -0.466. The third-order valence-electron chi connectivity index (χ3n) is 4.51. The molecule has 6 heteroatoms. The molecule has 2 rings (SSSR count). The molecule has 1 N–H and O–H groups in total. The Hall–Kier alpha value is -1.79. The summed E-state index contributed by atoms with van der Waals surface area (Å²) < 4.78 is 1.04. The van der Waals surface area contributed by atoms with Crippen LogP contribution in [0.25, 0.3) is 0 Å². The number of carbonyl (C=O) groups is 2. The fourth-order valence-electron chi connectivity index (χ4n) is 2.90. The summed E-state index contributed by atoms with van der Waals surface area (Å²) in [4.78, 5) is 27.0. The average molecular weight is 463 g/mol. The van der Waals surface area contributed by atoms with Crippen molar-refractivity contribution in [2.24, 2.45) is 0 Å². The van der Waals surface area contributed by atoms with Crippen molar-refractivity contribution in [2.45, 2.75) is 38.6 Å². The SMILES string of the molecule is CC[C@H](C(=O)NC)N(Cc1ccc(C)cc1)C(=O)CSCc1ccc(Br)cc1. The molecule has 0 spiro atoms. The van der Waals surface area contributed by atoms with Gasteiger partial charge in [0.1, 0.15) is 6.04 Å². The fraction of sp³-hybridized carbons (Fsp3) is 0.364. The molecule has 0 unspecified atom stereocenters. The Morgan fingerprint density at radius 2 is 1.68 bits per heavy atom. The number of rotatable bonds is 9. The highest BCUT2D eigenvalue weighted by Gasteiger charge is 2.27. The largest absolute Gasteiger partial charge is 0.357 e. The van der Waals surface area contributed by atoms with Crippen LogP contribution < -0.4 is 5.32 Å². The molecule has 2 amide bonds. The monoisotopic (exact) mass is 462 g/mol. The Kier molecular flexibility index (Phi) is 9.06. The van der Waals surface area contributed by atoms with Gasteiger partial charge in [0.05, 0.1) is 5.75 Å². The minimum absolute atomic E-state index is 0.0156. The van der Waals surface area contributed by atoms with Crippen LogP contribution >= 0.6 is 27.7 Å². The van der Waals surface area contributed by atoms with Crippen molar-refractivity contribution in [1.82, 2.24) is 10.2 Å². The maximum atomic E-state index is 13.0. The highest BCUT2D eigenvalue weighted by molar-refractivity contribution is 9.10. The summed E-state index contributed by atoms with van der Waals surface area (Å²) in [6.07, 6.45) is 0.578. The second kappa shape index (κ2) is 11.3. The summed E-state index contributed by atoms with van der Waals surface area (Å²) in [5.74, 6) is 0.961. The Bertz CT molecular complexity index is 778. The number of likely N-dealkylation sites (N-methyl/N-ethyl adjacent to an activating group) is 1. The quantitative estimate of drug-likeness (QED) is 0.594. The van der Waals surface area contributed by atoms with E-state index in [1.54, 1.807) is 23.7 Å². The van der Waals surface area contributed by atoms with E-state index in [2.05, 4.69) is 21.2 Å². The molecule has 1 atom stereocenters. The number of thioether (sulfide) groups is 1. The van der Waals surface area contributed by atoms with Crippen LogP contribution in [-0.2, 0) is 21.9 Å². The first-order chi connectivity index (χ1) is 13.4. The van der Waals surface area contributed by atoms with E-state index in [1.165, 1.54) is 11.1 Å². The van der Waals surface area contributed by atoms with E-state index in [1.807, 2.05) is 62.4 Å². The lowest BCUT2D eigenvalue weighted by atomic mass is 10.1. The van der Waals surface area contributed by atoms with E-state index in [0.29, 0.717) is 18.7 Å². The van der Waals surface area contributed by atoms with Crippen molar-refractivity contribution in [3.63, 3.8) is 0 Å². The molecule has 2 aromatic carbocycles. The molecule has 2 aromatic rings. The molecule has 0 aliphatic heterocycles. The first kappa shape index (κ1) is 22.5. The molecular weight excluding hydrogens is 436 g/mol. The Morgan fingerprint density at radius 1 is 1.07 bits per heavy atom. The highest BCUT2D eigenvalue weighted by atomic mass is 79.9. The van der Waals surface area contributed by atoms with Crippen molar-refractivity contribution < 1.29 is 9.59 Å². The van der Waals surface area contributed by atoms with Crippen LogP contribution in [0.5, 0.6) is 0 Å². The number of nitrogens with zero attached hydrogens (tertiary/aromatic N) is 1. The van der Waals surface area contributed by atoms with Gasteiger partial charge in [-0.25, -0.2) is 0 Å². The molecule has 0 fully saturated rings. The average Bonchev–Trinajstić information content (AvgIpc) is 2.70. The lowest BCUT2D eigenvalue weighted by Crippen LogP contribution is -2.48. The molecular formula is C22H27BrN2O2S. The van der Waals surface area contributed by atoms with Crippen LogP contribution in [0.15, 0.2) is 53.0 Å². The second-order valence-corrected chi connectivity index (χ2v) is 8.57. The molecule has 0 aliphatic carbocycles. The maximum Gasteiger partial charge on any atom is 0.242 e. The van der Waals surface area contributed by atoms with Gasteiger partial charge in [-0.3, -0.25) is 9.59 Å². The Labute approximate surface area is 180 Å². The summed E-state index contributed by atoms with van der Waals surface area (Å²) in [7, 11) is 1.61. The topological polar surface area (TPSA) is 49.4 Å². The van der Waals surface area contributed by atoms with Crippen LogP contribution in [0, 0.1) is 6.92 Å². The molecule has 0 aromatic heterocycles. The smallest absolute Gasteiger partial charge is 0.242 e. The molecule has 0 radical (unpaired) electrons. The number of hydrogen-bond acceptors (Lipinski definition) is 3. The minimum Gasteiger partial charge on any atom is -0.357 e. The maximum absolute atomic E-state index is 13.0. The molecule has 0 saturated heterocycles. The number of aryl methyl sites for hydroxylation is 1. The van der Waals surface area contributed by atoms with Gasteiger partial charge in [-0.2, -0.15) is 0 Å². The van der Waals surface area contributed by atoms with Gasteiger partial charge in [0.25, 0.3) is 0 Å². The van der Waals surface area contributed by atoms with E-state index in [-0.39, 0.29) is 11.8 Å². The van der Waals surface area contributed by atoms with Gasteiger partial charge < -0.3 is 10.2 Å². The van der Waals surface area contributed by atoms with Gasteiger partial charge >= 0.3 is 0 Å². The summed E-state index contributed by atoms with van der Waals surface area (Å²) in [5.41, 5.74) is 3.37. The van der Waals surface area contributed by atoms with Gasteiger partial charge in [-0.05, 0) is 36.6 Å². The van der Waals surface area contributed by atoms with Crippen LogP contribution in [0.2, 0.25) is 0 Å². The van der Waals surface area contributed by atoms with Gasteiger partial charge in [-0.1, -0.05) is 64.8 Å². The fourth-order valence-corrected chi connectivity index (χ4v) is 4.03. The highest BCUT2D eigenvalue weighted by Crippen LogP contribution is 2.19. The normalized spacial score (nSPS) is 11.7. The third-order valence-corrected chi connectivity index (χ3v) is 6.03. The van der Waals surface area contributed by atoms with E-state index in [0.717, 1.165) is 15.8 Å². The Balaban J connectivity index is 2.07. The number of hydrogen-bond donors (Lipinski definition) is 1. The first-order valence-corrected chi connectivity index (χ1v) is 11.3. The molecule has 4 nitrogen and oxygen atoms in total. The van der Waals surface area contributed by atoms with E-state index in [4.69, 9.17) is 0 Å². The van der Waals surface area contributed by atoms with Crippen LogP contribution in [0.4, 0.5) is 0 Å². The summed E-state index contributed by atoms with van der Waals surface area (Å²) in [5, 5.41) is 2.69. The molecule has 0 heterocycles. The van der Waals surface area contributed by atoms with Gasteiger partial charge in [0, 0.05) is 23.8 Å². The Morgan fingerprint density at radius 3 is 2.25 bits per heavy atom. The van der Waals surface area contributed by atoms with Crippen molar-refractivity contribution in [3.8, 4) is 0 Å². The van der Waals surface area contributed by atoms with Crippen molar-refractivity contribution in [1.29, 1.82) is 0 Å². The van der Waals surface area contributed by atoms with Crippen molar-refractivity contribution >= 4 is 39.5 Å². The number of amides is 2. The zero-order chi connectivity index (χ0) is 20.5. The van der Waals surface area contributed by atoms with E-state index >= 15 is 0 Å². The summed E-state index contributed by atoms with van der Waals surface area (Å²) in [6.45, 7) is 4.40. The lowest BCUT2D eigenvalue weighted by molar-refractivity contribution is -0.139. The van der Waals surface area contributed by atoms with Crippen molar-refractivity contribution in [3.05, 3.63) is 69.7 Å². The van der Waals surface area contributed by atoms with E-state index in [9.17, 15) is 9.59 Å². The van der Waals surface area contributed by atoms with Gasteiger partial charge in [0.15, 0.2) is 0 Å². The van der Waals surface area contributed by atoms with Crippen LogP contribution in [0.3, 0.4) is 0 Å². The number of halogens is 1. The van der Waals surface area contributed by atoms with Crippen molar-refractivity contribution in [2.75, 3.05) is 12.8 Å².